The van der Waals surface area contributed by atoms with Gasteiger partial charge in [-0.05, 0) is 24.5 Å². The van der Waals surface area contributed by atoms with Gasteiger partial charge in [0, 0.05) is 12.2 Å². The molecule has 0 spiro atoms. The molecule has 2 rings (SSSR count). The van der Waals surface area contributed by atoms with Crippen LogP contribution in [-0.4, -0.2) is 35.1 Å². The molecule has 1 aromatic rings. The van der Waals surface area contributed by atoms with E-state index in [0.29, 0.717) is 12.1 Å². The first-order valence-corrected chi connectivity index (χ1v) is 6.96. The summed E-state index contributed by atoms with van der Waals surface area (Å²) in [5, 5.41) is 9.44. The summed E-state index contributed by atoms with van der Waals surface area (Å²) in [5.41, 5.74) is 7.40. The second-order valence-electron chi connectivity index (χ2n) is 5.15. The number of amides is 1. The summed E-state index contributed by atoms with van der Waals surface area (Å²) in [6.07, 6.45) is 4.46. The molecule has 19 heavy (non-hydrogen) atoms. The number of likely N-dealkylation sites (tertiary alicyclic amines) is 1. The number of anilines is 1. The number of carbonyl (C=O) groups excluding carboxylic acids is 1. The zero-order valence-electron chi connectivity index (χ0n) is 11.2. The van der Waals surface area contributed by atoms with Crippen LogP contribution in [0.3, 0.4) is 0 Å². The Kier molecular flexibility index (Phi) is 4.80. The van der Waals surface area contributed by atoms with Crippen molar-refractivity contribution in [1.82, 2.24) is 4.90 Å². The topological polar surface area (TPSA) is 66.6 Å². The fraction of sp³-hybridized carbons (Fsp3) is 0.533. The standard InChI is InChI=1S/C15H22N2O2/c16-14-8-4-3-6-12(14)10-15(19)17-9-5-1-2-7-13(17)11-18/h3-4,6,8,13,18H,1-2,5,7,9-11,16H2. The molecule has 1 heterocycles. The van der Waals surface area contributed by atoms with E-state index >= 15 is 0 Å². The fourth-order valence-electron chi connectivity index (χ4n) is 2.66. The Bertz CT molecular complexity index is 434. The highest BCUT2D eigenvalue weighted by Gasteiger charge is 2.24. The minimum atomic E-state index is -0.0278. The molecule has 1 fully saturated rings. The van der Waals surface area contributed by atoms with E-state index in [4.69, 9.17) is 5.73 Å². The Hall–Kier alpha value is -1.55. The van der Waals surface area contributed by atoms with Gasteiger partial charge in [0.1, 0.15) is 0 Å². The Balaban J connectivity index is 2.07. The maximum atomic E-state index is 12.4. The van der Waals surface area contributed by atoms with Gasteiger partial charge in [-0.2, -0.15) is 0 Å². The van der Waals surface area contributed by atoms with Crippen LogP contribution >= 0.6 is 0 Å². The first kappa shape index (κ1) is 13.9. The second-order valence-corrected chi connectivity index (χ2v) is 5.15. The number of rotatable bonds is 3. The van der Waals surface area contributed by atoms with E-state index in [1.54, 1.807) is 0 Å². The molecule has 104 valence electrons. The molecule has 1 aliphatic rings. The molecule has 0 bridgehead atoms. The van der Waals surface area contributed by atoms with Gasteiger partial charge in [-0.25, -0.2) is 0 Å². The van der Waals surface area contributed by atoms with Crippen molar-refractivity contribution in [3.8, 4) is 0 Å². The normalized spacial score (nSPS) is 20.1. The molecule has 1 atom stereocenters. The third-order valence-electron chi connectivity index (χ3n) is 3.81. The van der Waals surface area contributed by atoms with Crippen LogP contribution in [0, 0.1) is 0 Å². The van der Waals surface area contributed by atoms with Gasteiger partial charge in [-0.1, -0.05) is 31.0 Å². The average molecular weight is 262 g/mol. The van der Waals surface area contributed by atoms with E-state index in [-0.39, 0.29) is 18.6 Å². The fourth-order valence-corrected chi connectivity index (χ4v) is 2.66. The number of nitrogen functional groups attached to an aromatic ring is 1. The molecule has 1 aromatic carbocycles. The van der Waals surface area contributed by atoms with Crippen molar-refractivity contribution in [2.45, 2.75) is 38.1 Å². The quantitative estimate of drug-likeness (QED) is 0.813. The lowest BCUT2D eigenvalue weighted by molar-refractivity contribution is -0.133. The van der Waals surface area contributed by atoms with Crippen LogP contribution in [0.25, 0.3) is 0 Å². The molecule has 0 aliphatic carbocycles. The third-order valence-corrected chi connectivity index (χ3v) is 3.81. The van der Waals surface area contributed by atoms with Crippen molar-refractivity contribution in [3.63, 3.8) is 0 Å². The van der Waals surface area contributed by atoms with Gasteiger partial charge in [0.2, 0.25) is 5.91 Å². The molecule has 1 aliphatic heterocycles. The summed E-state index contributed by atoms with van der Waals surface area (Å²) in [4.78, 5) is 14.2. The smallest absolute Gasteiger partial charge is 0.227 e. The van der Waals surface area contributed by atoms with Crippen LogP contribution < -0.4 is 5.73 Å². The summed E-state index contributed by atoms with van der Waals surface area (Å²) in [6.45, 7) is 0.798. The molecule has 1 saturated heterocycles. The van der Waals surface area contributed by atoms with Crippen molar-refractivity contribution in [3.05, 3.63) is 29.8 Å². The Morgan fingerprint density at radius 3 is 2.84 bits per heavy atom. The third kappa shape index (κ3) is 3.47. The highest BCUT2D eigenvalue weighted by atomic mass is 16.3. The minimum absolute atomic E-state index is 0.0278. The monoisotopic (exact) mass is 262 g/mol. The van der Waals surface area contributed by atoms with E-state index in [2.05, 4.69) is 0 Å². The summed E-state index contributed by atoms with van der Waals surface area (Å²) >= 11 is 0. The first-order chi connectivity index (χ1) is 9.22. The van der Waals surface area contributed by atoms with Crippen LogP contribution in [0.2, 0.25) is 0 Å². The minimum Gasteiger partial charge on any atom is -0.398 e. The van der Waals surface area contributed by atoms with Crippen LogP contribution in [0.4, 0.5) is 5.69 Å². The SMILES string of the molecule is Nc1ccccc1CC(=O)N1CCCCCC1CO. The van der Waals surface area contributed by atoms with Crippen molar-refractivity contribution in [1.29, 1.82) is 0 Å². The summed E-state index contributed by atoms with van der Waals surface area (Å²) in [7, 11) is 0. The average Bonchev–Trinajstić information content (AvgIpc) is 2.66. The van der Waals surface area contributed by atoms with Crippen LogP contribution in [-0.2, 0) is 11.2 Å². The number of aliphatic hydroxyl groups is 1. The summed E-state index contributed by atoms with van der Waals surface area (Å²) in [6, 6.07) is 7.43. The molecule has 1 unspecified atom stereocenters. The molecule has 1 amide bonds. The zero-order chi connectivity index (χ0) is 13.7. The van der Waals surface area contributed by atoms with E-state index in [9.17, 15) is 9.90 Å². The predicted molar refractivity (Wildman–Crippen MR) is 75.6 cm³/mol. The molecular weight excluding hydrogens is 240 g/mol. The van der Waals surface area contributed by atoms with Gasteiger partial charge in [0.05, 0.1) is 19.1 Å². The first-order valence-electron chi connectivity index (χ1n) is 6.96. The zero-order valence-corrected chi connectivity index (χ0v) is 11.2. The molecule has 0 saturated carbocycles. The lowest BCUT2D eigenvalue weighted by Gasteiger charge is -2.29. The molecule has 0 radical (unpaired) electrons. The van der Waals surface area contributed by atoms with Gasteiger partial charge in [-0.3, -0.25) is 4.79 Å². The van der Waals surface area contributed by atoms with Gasteiger partial charge < -0.3 is 15.7 Å². The van der Waals surface area contributed by atoms with E-state index in [0.717, 1.165) is 37.8 Å². The number of benzene rings is 1. The van der Waals surface area contributed by atoms with Gasteiger partial charge in [-0.15, -0.1) is 0 Å². The number of carbonyl (C=O) groups is 1. The largest absolute Gasteiger partial charge is 0.398 e. The highest BCUT2D eigenvalue weighted by molar-refractivity contribution is 5.80. The molecule has 3 N–H and O–H groups in total. The Morgan fingerprint density at radius 1 is 1.32 bits per heavy atom. The van der Waals surface area contributed by atoms with Crippen molar-refractivity contribution in [2.24, 2.45) is 0 Å². The Morgan fingerprint density at radius 2 is 2.11 bits per heavy atom. The second kappa shape index (κ2) is 6.57. The maximum Gasteiger partial charge on any atom is 0.227 e. The van der Waals surface area contributed by atoms with E-state index in [1.165, 1.54) is 0 Å². The number of aliphatic hydroxyl groups excluding tert-OH is 1. The Labute approximate surface area is 114 Å². The summed E-state index contributed by atoms with van der Waals surface area (Å²) < 4.78 is 0. The van der Waals surface area contributed by atoms with Crippen molar-refractivity contribution in [2.75, 3.05) is 18.9 Å². The molecule has 4 heteroatoms. The van der Waals surface area contributed by atoms with Crippen LogP contribution in [0.15, 0.2) is 24.3 Å². The van der Waals surface area contributed by atoms with Gasteiger partial charge in [0.15, 0.2) is 0 Å². The number of para-hydroxylation sites is 1. The van der Waals surface area contributed by atoms with Crippen molar-refractivity contribution >= 4 is 11.6 Å². The number of nitrogens with zero attached hydrogens (tertiary/aromatic N) is 1. The lowest BCUT2D eigenvalue weighted by atomic mass is 10.1. The maximum absolute atomic E-state index is 12.4. The number of hydrogen-bond donors (Lipinski definition) is 2. The van der Waals surface area contributed by atoms with Crippen LogP contribution in [0.5, 0.6) is 0 Å². The lowest BCUT2D eigenvalue weighted by Crippen LogP contribution is -2.42. The number of nitrogens with two attached hydrogens (primary N) is 1. The van der Waals surface area contributed by atoms with Crippen molar-refractivity contribution < 1.29 is 9.90 Å². The van der Waals surface area contributed by atoms with Gasteiger partial charge >= 0.3 is 0 Å². The highest BCUT2D eigenvalue weighted by Crippen LogP contribution is 2.19. The van der Waals surface area contributed by atoms with E-state index < -0.39 is 0 Å². The number of hydrogen-bond acceptors (Lipinski definition) is 3. The van der Waals surface area contributed by atoms with E-state index in [1.807, 2.05) is 29.2 Å². The molecule has 4 nitrogen and oxygen atoms in total. The van der Waals surface area contributed by atoms with Crippen LogP contribution in [0.1, 0.15) is 31.2 Å². The molecule has 0 aromatic heterocycles. The summed E-state index contributed by atoms with van der Waals surface area (Å²) in [5.74, 6) is 0.0684. The molecular formula is C15H22N2O2. The van der Waals surface area contributed by atoms with Gasteiger partial charge in [0.25, 0.3) is 0 Å². The predicted octanol–water partition coefficient (Wildman–Crippen LogP) is 1.57.